The predicted octanol–water partition coefficient (Wildman–Crippen LogP) is 5.50. The lowest BCUT2D eigenvalue weighted by atomic mass is 9.88. The van der Waals surface area contributed by atoms with E-state index in [-0.39, 0.29) is 96.6 Å². The minimum Gasteiger partial charge on any atom is -0.463 e. The second-order valence-corrected chi connectivity index (χ2v) is 9.91. The molecule has 0 aromatic carbocycles. The van der Waals surface area contributed by atoms with Gasteiger partial charge in [0.1, 0.15) is 19.8 Å². The standard InChI is InChI=1S/C27H47N9O9/c1-2-27(21-40-15-18-43-24(37)9-3-6-12-31-34-28,22-41-16-19-44-25(38)10-4-7-13-32-35-29)23-42-17-20-45-26(39)11-5-8-14-33-36-30/h2-23H2,1H3. The van der Waals surface area contributed by atoms with Crippen molar-refractivity contribution in [2.24, 2.45) is 20.8 Å². The van der Waals surface area contributed by atoms with Gasteiger partial charge in [-0.1, -0.05) is 22.3 Å². The van der Waals surface area contributed by atoms with E-state index in [0.29, 0.717) is 64.6 Å². The Bertz CT molecular complexity index is 851. The molecule has 0 N–H and O–H groups in total. The van der Waals surface area contributed by atoms with Gasteiger partial charge in [-0.15, -0.1) is 0 Å². The first-order valence-corrected chi connectivity index (χ1v) is 15.2. The molecule has 0 unspecified atom stereocenters. The van der Waals surface area contributed by atoms with Crippen molar-refractivity contribution < 1.29 is 42.8 Å². The summed E-state index contributed by atoms with van der Waals surface area (Å²) in [6.07, 6.45) is 4.78. The summed E-state index contributed by atoms with van der Waals surface area (Å²) in [6, 6.07) is 0. The van der Waals surface area contributed by atoms with Crippen LogP contribution in [0.1, 0.15) is 71.1 Å². The Hall–Kier alpha value is -3.78. The van der Waals surface area contributed by atoms with E-state index in [9.17, 15) is 14.4 Å². The van der Waals surface area contributed by atoms with Gasteiger partial charge in [0.2, 0.25) is 0 Å². The molecule has 0 aliphatic carbocycles. The highest BCUT2D eigenvalue weighted by atomic mass is 16.6. The number of carbonyl (C=O) groups is 3. The van der Waals surface area contributed by atoms with E-state index in [2.05, 4.69) is 30.1 Å². The molecule has 0 rings (SSSR count). The second-order valence-electron chi connectivity index (χ2n) is 9.91. The van der Waals surface area contributed by atoms with Crippen LogP contribution in [0, 0.1) is 5.41 Å². The van der Waals surface area contributed by atoms with Gasteiger partial charge in [-0.3, -0.25) is 14.4 Å². The first-order valence-electron chi connectivity index (χ1n) is 15.2. The van der Waals surface area contributed by atoms with Crippen LogP contribution < -0.4 is 0 Å². The Kier molecular flexibility index (Phi) is 27.7. The van der Waals surface area contributed by atoms with Crippen LogP contribution in [0.5, 0.6) is 0 Å². The summed E-state index contributed by atoms with van der Waals surface area (Å²) in [5.41, 5.74) is 24.3. The number of azide groups is 3. The molecule has 0 aromatic heterocycles. The molecule has 0 bridgehead atoms. The Labute approximate surface area is 263 Å². The molecule has 0 aliphatic heterocycles. The van der Waals surface area contributed by atoms with Gasteiger partial charge < -0.3 is 28.4 Å². The molecular weight excluding hydrogens is 594 g/mol. The molecule has 0 atom stereocenters. The fraction of sp³-hybridized carbons (Fsp3) is 0.889. The van der Waals surface area contributed by atoms with E-state index in [4.69, 9.17) is 45.0 Å². The first-order chi connectivity index (χ1) is 21.9. The quantitative estimate of drug-likeness (QED) is 0.0231. The molecular formula is C27H47N9O9. The summed E-state index contributed by atoms with van der Waals surface area (Å²) in [5, 5.41) is 10.3. The van der Waals surface area contributed by atoms with E-state index in [1.54, 1.807) is 0 Å². The Morgan fingerprint density at radius 3 is 1.11 bits per heavy atom. The monoisotopic (exact) mass is 641 g/mol. The van der Waals surface area contributed by atoms with Gasteiger partial charge in [0.25, 0.3) is 0 Å². The van der Waals surface area contributed by atoms with Crippen LogP contribution >= 0.6 is 0 Å². The topological polar surface area (TPSA) is 253 Å². The minimum atomic E-state index is -0.568. The number of unbranched alkanes of at least 4 members (excludes halogenated alkanes) is 3. The number of hydrogen-bond acceptors (Lipinski definition) is 12. The Morgan fingerprint density at radius 2 is 0.844 bits per heavy atom. The zero-order valence-corrected chi connectivity index (χ0v) is 26.3. The highest BCUT2D eigenvalue weighted by Gasteiger charge is 2.30. The fourth-order valence-electron chi connectivity index (χ4n) is 3.65. The van der Waals surface area contributed by atoms with Gasteiger partial charge in [0.05, 0.1) is 39.6 Å². The van der Waals surface area contributed by atoms with Crippen molar-refractivity contribution in [2.75, 3.05) is 79.1 Å². The van der Waals surface area contributed by atoms with Crippen molar-refractivity contribution in [1.82, 2.24) is 0 Å². The number of carbonyl (C=O) groups excluding carboxylic acids is 3. The van der Waals surface area contributed by atoms with Crippen LogP contribution in [-0.2, 0) is 42.8 Å². The maximum Gasteiger partial charge on any atom is 0.305 e. The summed E-state index contributed by atoms with van der Waals surface area (Å²) < 4.78 is 33.0. The van der Waals surface area contributed by atoms with Crippen LogP contribution in [0.3, 0.4) is 0 Å². The van der Waals surface area contributed by atoms with Gasteiger partial charge in [-0.05, 0) is 61.5 Å². The molecule has 0 saturated heterocycles. The summed E-state index contributed by atoms with van der Waals surface area (Å²) in [6.45, 7) is 4.41. The lowest BCUT2D eigenvalue weighted by Crippen LogP contribution is -2.38. The number of hydrogen-bond donors (Lipinski definition) is 0. The van der Waals surface area contributed by atoms with Crippen molar-refractivity contribution in [3.8, 4) is 0 Å². The lowest BCUT2D eigenvalue weighted by molar-refractivity contribution is -0.147. The van der Waals surface area contributed by atoms with Gasteiger partial charge in [-0.25, -0.2) is 0 Å². The van der Waals surface area contributed by atoms with Crippen LogP contribution in [0.15, 0.2) is 15.3 Å². The number of rotatable bonds is 31. The van der Waals surface area contributed by atoms with E-state index < -0.39 is 5.41 Å². The molecule has 0 radical (unpaired) electrons. The Morgan fingerprint density at radius 1 is 0.533 bits per heavy atom. The van der Waals surface area contributed by atoms with Gasteiger partial charge in [-0.2, -0.15) is 0 Å². The summed E-state index contributed by atoms with van der Waals surface area (Å²) in [7, 11) is 0. The zero-order chi connectivity index (χ0) is 33.3. The van der Waals surface area contributed by atoms with E-state index in [0.717, 1.165) is 0 Å². The number of esters is 3. The molecule has 0 spiro atoms. The first kappa shape index (κ1) is 41.2. The highest BCUT2D eigenvalue weighted by Crippen LogP contribution is 2.24. The molecule has 0 fully saturated rings. The smallest absolute Gasteiger partial charge is 0.305 e. The van der Waals surface area contributed by atoms with Crippen molar-refractivity contribution >= 4 is 17.9 Å². The third kappa shape index (κ3) is 26.3. The third-order valence-electron chi connectivity index (χ3n) is 6.30. The second kappa shape index (κ2) is 30.3. The zero-order valence-electron chi connectivity index (χ0n) is 26.3. The average Bonchev–Trinajstić information content (AvgIpc) is 3.03. The third-order valence-corrected chi connectivity index (χ3v) is 6.30. The largest absolute Gasteiger partial charge is 0.463 e. The molecule has 18 nitrogen and oxygen atoms in total. The molecule has 45 heavy (non-hydrogen) atoms. The van der Waals surface area contributed by atoms with E-state index in [1.807, 2.05) is 6.92 Å². The molecule has 0 aromatic rings. The van der Waals surface area contributed by atoms with Crippen LogP contribution in [0.4, 0.5) is 0 Å². The highest BCUT2D eigenvalue weighted by molar-refractivity contribution is 5.69. The summed E-state index contributed by atoms with van der Waals surface area (Å²) in [4.78, 5) is 43.6. The molecule has 0 aliphatic rings. The Balaban J connectivity index is 4.60. The molecule has 0 heterocycles. The maximum atomic E-state index is 11.9. The van der Waals surface area contributed by atoms with Crippen molar-refractivity contribution in [1.29, 1.82) is 0 Å². The molecule has 18 heteroatoms. The lowest BCUT2D eigenvalue weighted by Gasteiger charge is -2.32. The van der Waals surface area contributed by atoms with Crippen molar-refractivity contribution in [3.63, 3.8) is 0 Å². The SMILES string of the molecule is CCC(COCCOC(=O)CCCCN=[N+]=[N-])(COCCOC(=O)CCCCN=[N+]=[N-])COCCOC(=O)CCCCN=[N+]=[N-]. The van der Waals surface area contributed by atoms with Gasteiger partial charge in [0, 0.05) is 59.0 Å². The van der Waals surface area contributed by atoms with Crippen LogP contribution in [0.25, 0.3) is 31.3 Å². The predicted molar refractivity (Wildman–Crippen MR) is 162 cm³/mol. The van der Waals surface area contributed by atoms with E-state index in [1.165, 1.54) is 0 Å². The fourth-order valence-corrected chi connectivity index (χ4v) is 3.65. The van der Waals surface area contributed by atoms with Crippen molar-refractivity contribution in [3.05, 3.63) is 31.3 Å². The summed E-state index contributed by atoms with van der Waals surface area (Å²) >= 11 is 0. The molecule has 254 valence electrons. The van der Waals surface area contributed by atoms with Crippen molar-refractivity contribution in [2.45, 2.75) is 71.1 Å². The summed E-state index contributed by atoms with van der Waals surface area (Å²) in [5.74, 6) is -1.07. The van der Waals surface area contributed by atoms with Gasteiger partial charge >= 0.3 is 17.9 Å². The molecule has 0 saturated carbocycles. The minimum absolute atomic E-state index is 0.0777. The maximum absolute atomic E-state index is 11.9. The van der Waals surface area contributed by atoms with Gasteiger partial charge in [0.15, 0.2) is 0 Å². The average molecular weight is 642 g/mol. The number of nitrogens with zero attached hydrogens (tertiary/aromatic N) is 9. The number of ether oxygens (including phenoxy) is 6. The molecule has 0 amide bonds. The van der Waals surface area contributed by atoms with Crippen LogP contribution in [-0.4, -0.2) is 97.0 Å². The van der Waals surface area contributed by atoms with E-state index >= 15 is 0 Å². The normalized spacial score (nSPS) is 11.7. The van der Waals surface area contributed by atoms with Crippen LogP contribution in [0.2, 0.25) is 0 Å².